The lowest BCUT2D eigenvalue weighted by molar-refractivity contribution is -0.137. The van der Waals surface area contributed by atoms with Gasteiger partial charge in [0.15, 0.2) is 0 Å². The Bertz CT molecular complexity index is 358. The summed E-state index contributed by atoms with van der Waals surface area (Å²) in [5.41, 5.74) is 0.905. The first-order valence-corrected chi connectivity index (χ1v) is 5.48. The maximum atomic E-state index is 10.3. The minimum atomic E-state index is -0.782. The second-order valence-corrected chi connectivity index (χ2v) is 3.56. The number of nitrogens with zero attached hydrogens (tertiary/aromatic N) is 2. The van der Waals surface area contributed by atoms with Crippen molar-refractivity contribution < 1.29 is 14.6 Å². The second kappa shape index (κ2) is 7.56. The van der Waals surface area contributed by atoms with E-state index >= 15 is 0 Å². The summed E-state index contributed by atoms with van der Waals surface area (Å²) in [6, 6.07) is 1.85. The van der Waals surface area contributed by atoms with E-state index in [1.807, 2.05) is 6.07 Å². The van der Waals surface area contributed by atoms with Gasteiger partial charge >= 0.3 is 5.97 Å². The smallest absolute Gasteiger partial charge is 0.303 e. The van der Waals surface area contributed by atoms with Gasteiger partial charge in [-0.3, -0.25) is 4.79 Å². The van der Waals surface area contributed by atoms with Crippen LogP contribution in [-0.2, 0) is 16.0 Å². The summed E-state index contributed by atoms with van der Waals surface area (Å²) in [4.78, 5) is 18.5. The van der Waals surface area contributed by atoms with Crippen molar-refractivity contribution >= 4 is 11.8 Å². The molecule has 0 atom stereocenters. The van der Waals surface area contributed by atoms with Crippen LogP contribution >= 0.6 is 0 Å². The van der Waals surface area contributed by atoms with E-state index in [0.29, 0.717) is 19.6 Å². The molecule has 17 heavy (non-hydrogen) atoms. The van der Waals surface area contributed by atoms with Gasteiger partial charge in [0.2, 0.25) is 0 Å². The number of carboxylic acid groups (broad SMARTS) is 1. The highest BCUT2D eigenvalue weighted by Crippen LogP contribution is 2.05. The van der Waals surface area contributed by atoms with Gasteiger partial charge in [-0.1, -0.05) is 0 Å². The highest BCUT2D eigenvalue weighted by molar-refractivity contribution is 5.66. The molecule has 0 saturated heterocycles. The number of carboxylic acids is 1. The molecule has 0 radical (unpaired) electrons. The van der Waals surface area contributed by atoms with Crippen LogP contribution in [0.15, 0.2) is 12.4 Å². The Kier molecular flexibility index (Phi) is 5.95. The van der Waals surface area contributed by atoms with E-state index in [0.717, 1.165) is 17.9 Å². The van der Waals surface area contributed by atoms with E-state index in [1.165, 1.54) is 6.33 Å². The van der Waals surface area contributed by atoms with Crippen LogP contribution in [-0.4, -0.2) is 41.3 Å². The number of rotatable bonds is 8. The van der Waals surface area contributed by atoms with E-state index in [2.05, 4.69) is 15.3 Å². The minimum absolute atomic E-state index is 0.161. The summed E-state index contributed by atoms with van der Waals surface area (Å²) in [7, 11) is 1.65. The van der Waals surface area contributed by atoms with Crippen molar-refractivity contribution in [3.05, 3.63) is 18.1 Å². The molecule has 6 nitrogen and oxygen atoms in total. The topological polar surface area (TPSA) is 84.3 Å². The summed E-state index contributed by atoms with van der Waals surface area (Å²) in [6.45, 7) is 1.21. The van der Waals surface area contributed by atoms with E-state index in [4.69, 9.17) is 9.84 Å². The molecular weight excluding hydrogens is 222 g/mol. The van der Waals surface area contributed by atoms with Gasteiger partial charge in [-0.25, -0.2) is 9.97 Å². The number of ether oxygens (including phenoxy) is 1. The maximum absolute atomic E-state index is 10.3. The standard InChI is InChI=1S/C11H17N3O3/c1-17-6-4-9-7-10(14-8-13-9)12-5-2-3-11(15)16/h7-8H,2-6H2,1H3,(H,15,16)(H,12,13,14). The maximum Gasteiger partial charge on any atom is 0.303 e. The van der Waals surface area contributed by atoms with Gasteiger partial charge in [0.25, 0.3) is 0 Å². The fourth-order valence-electron chi connectivity index (χ4n) is 1.29. The molecule has 2 N–H and O–H groups in total. The molecule has 0 spiro atoms. The second-order valence-electron chi connectivity index (χ2n) is 3.56. The predicted molar refractivity (Wildman–Crippen MR) is 63.0 cm³/mol. The Morgan fingerprint density at radius 1 is 1.53 bits per heavy atom. The summed E-state index contributed by atoms with van der Waals surface area (Å²) < 4.78 is 4.96. The lowest BCUT2D eigenvalue weighted by atomic mass is 10.3. The van der Waals surface area contributed by atoms with E-state index in [-0.39, 0.29) is 6.42 Å². The van der Waals surface area contributed by atoms with E-state index in [1.54, 1.807) is 7.11 Å². The van der Waals surface area contributed by atoms with Crippen molar-refractivity contribution in [1.82, 2.24) is 9.97 Å². The number of carbonyl (C=O) groups is 1. The zero-order valence-electron chi connectivity index (χ0n) is 9.85. The molecule has 0 fully saturated rings. The summed E-state index contributed by atoms with van der Waals surface area (Å²) >= 11 is 0. The van der Waals surface area contributed by atoms with Crippen molar-refractivity contribution in [2.24, 2.45) is 0 Å². The quantitative estimate of drug-likeness (QED) is 0.657. The van der Waals surface area contributed by atoms with Crippen LogP contribution in [0.1, 0.15) is 18.5 Å². The van der Waals surface area contributed by atoms with Crippen LogP contribution in [0.4, 0.5) is 5.82 Å². The number of hydrogen-bond acceptors (Lipinski definition) is 5. The monoisotopic (exact) mass is 239 g/mol. The Morgan fingerprint density at radius 3 is 3.06 bits per heavy atom. The van der Waals surface area contributed by atoms with Gasteiger partial charge in [0.05, 0.1) is 6.61 Å². The molecule has 0 saturated carbocycles. The predicted octanol–water partition coefficient (Wildman–Crippen LogP) is 0.942. The number of anilines is 1. The van der Waals surface area contributed by atoms with Gasteiger partial charge in [-0.2, -0.15) is 0 Å². The van der Waals surface area contributed by atoms with Crippen LogP contribution in [0.5, 0.6) is 0 Å². The van der Waals surface area contributed by atoms with Crippen LogP contribution in [0.3, 0.4) is 0 Å². The fraction of sp³-hybridized carbons (Fsp3) is 0.545. The molecular formula is C11H17N3O3. The molecule has 0 aliphatic heterocycles. The fourth-order valence-corrected chi connectivity index (χ4v) is 1.29. The third-order valence-electron chi connectivity index (χ3n) is 2.16. The Hall–Kier alpha value is -1.69. The van der Waals surface area contributed by atoms with Gasteiger partial charge in [-0.15, -0.1) is 0 Å². The molecule has 1 heterocycles. The molecule has 0 aromatic carbocycles. The van der Waals surface area contributed by atoms with Crippen molar-refractivity contribution in [2.75, 3.05) is 25.6 Å². The average Bonchev–Trinajstić information content (AvgIpc) is 2.32. The van der Waals surface area contributed by atoms with Crippen LogP contribution in [0, 0.1) is 0 Å². The molecule has 0 amide bonds. The van der Waals surface area contributed by atoms with Crippen molar-refractivity contribution in [1.29, 1.82) is 0 Å². The van der Waals surface area contributed by atoms with Gasteiger partial charge in [0.1, 0.15) is 12.1 Å². The average molecular weight is 239 g/mol. The third kappa shape index (κ3) is 5.82. The molecule has 0 bridgehead atoms. The third-order valence-corrected chi connectivity index (χ3v) is 2.16. The molecule has 6 heteroatoms. The zero-order chi connectivity index (χ0) is 12.5. The molecule has 1 aromatic heterocycles. The lowest BCUT2D eigenvalue weighted by Crippen LogP contribution is -2.07. The molecule has 0 aliphatic rings. The van der Waals surface area contributed by atoms with Crippen molar-refractivity contribution in [2.45, 2.75) is 19.3 Å². The zero-order valence-corrected chi connectivity index (χ0v) is 9.85. The number of hydrogen-bond donors (Lipinski definition) is 2. The summed E-state index contributed by atoms with van der Waals surface area (Å²) in [6.07, 6.45) is 2.97. The number of methoxy groups -OCH3 is 1. The number of nitrogens with one attached hydrogen (secondary N) is 1. The Balaban J connectivity index is 2.34. The molecule has 1 aromatic rings. The summed E-state index contributed by atoms with van der Waals surface area (Å²) in [5, 5.41) is 11.5. The molecule has 1 rings (SSSR count). The first kappa shape index (κ1) is 13.4. The molecule has 0 unspecified atom stereocenters. The van der Waals surface area contributed by atoms with Gasteiger partial charge in [0, 0.05) is 38.3 Å². The lowest BCUT2D eigenvalue weighted by Gasteiger charge is -2.05. The number of aromatic nitrogens is 2. The summed E-state index contributed by atoms with van der Waals surface area (Å²) in [5.74, 6) is -0.0632. The molecule has 0 aliphatic carbocycles. The van der Waals surface area contributed by atoms with E-state index < -0.39 is 5.97 Å². The van der Waals surface area contributed by atoms with Crippen molar-refractivity contribution in [3.63, 3.8) is 0 Å². The first-order valence-electron chi connectivity index (χ1n) is 5.48. The normalized spacial score (nSPS) is 10.2. The molecule has 94 valence electrons. The Labute approximate surface area is 100 Å². The van der Waals surface area contributed by atoms with E-state index in [9.17, 15) is 4.79 Å². The largest absolute Gasteiger partial charge is 0.481 e. The number of aliphatic carboxylic acids is 1. The van der Waals surface area contributed by atoms with Gasteiger partial charge < -0.3 is 15.2 Å². The van der Waals surface area contributed by atoms with Crippen LogP contribution in [0.25, 0.3) is 0 Å². The van der Waals surface area contributed by atoms with Crippen LogP contribution < -0.4 is 5.32 Å². The SMILES string of the molecule is COCCc1cc(NCCCC(=O)O)ncn1. The Morgan fingerprint density at radius 2 is 2.35 bits per heavy atom. The minimum Gasteiger partial charge on any atom is -0.481 e. The highest BCUT2D eigenvalue weighted by Gasteiger charge is 2.00. The first-order chi connectivity index (χ1) is 8.22. The highest BCUT2D eigenvalue weighted by atomic mass is 16.5. The van der Waals surface area contributed by atoms with Gasteiger partial charge in [-0.05, 0) is 6.42 Å². The van der Waals surface area contributed by atoms with Crippen LogP contribution in [0.2, 0.25) is 0 Å². The van der Waals surface area contributed by atoms with Crippen molar-refractivity contribution in [3.8, 4) is 0 Å².